The minimum absolute atomic E-state index is 0.0138. The summed E-state index contributed by atoms with van der Waals surface area (Å²) < 4.78 is 0. The Labute approximate surface area is 59.0 Å². The van der Waals surface area contributed by atoms with E-state index in [0.29, 0.717) is 6.42 Å². The third kappa shape index (κ3) is 1.80. The van der Waals surface area contributed by atoms with E-state index in [2.05, 4.69) is 11.4 Å². The van der Waals surface area contributed by atoms with Crippen molar-refractivity contribution in [3.8, 4) is 0 Å². The summed E-state index contributed by atoms with van der Waals surface area (Å²) in [6.45, 7) is 2.06. The predicted octanol–water partition coefficient (Wildman–Crippen LogP) is 2.03. The van der Waals surface area contributed by atoms with Gasteiger partial charge in [-0.2, -0.15) is 0 Å². The third-order valence-corrected chi connectivity index (χ3v) is 2.25. The van der Waals surface area contributed by atoms with E-state index in [4.69, 9.17) is 0 Å². The fraction of sp³-hybridized carbons (Fsp3) is 0.429. The first-order valence-electron chi connectivity index (χ1n) is 2.95. The Morgan fingerprint density at radius 1 is 1.67 bits per heavy atom. The highest BCUT2D eigenvalue weighted by molar-refractivity contribution is 7.10. The summed E-state index contributed by atoms with van der Waals surface area (Å²) >= 11 is 1.67. The van der Waals surface area contributed by atoms with Gasteiger partial charge in [-0.3, -0.25) is 0 Å². The van der Waals surface area contributed by atoms with Crippen molar-refractivity contribution < 1.29 is 5.11 Å². The minimum atomic E-state index is 0.0138. The van der Waals surface area contributed by atoms with Crippen molar-refractivity contribution in [1.29, 1.82) is 0 Å². The van der Waals surface area contributed by atoms with Gasteiger partial charge in [0.15, 0.2) is 0 Å². The molecule has 49 valence electrons. The maximum absolute atomic E-state index is 10.1. The molecule has 1 radical (unpaired) electrons. The Kier molecular flexibility index (Phi) is 2.25. The lowest BCUT2D eigenvalue weighted by atomic mass is 10.3. The highest BCUT2D eigenvalue weighted by Crippen LogP contribution is 2.13. The second-order valence-electron chi connectivity index (χ2n) is 2.04. The summed E-state index contributed by atoms with van der Waals surface area (Å²) in [5.74, 6) is 0. The molecule has 0 bridgehead atoms. The van der Waals surface area contributed by atoms with Crippen molar-refractivity contribution in [3.63, 3.8) is 0 Å². The van der Waals surface area contributed by atoms with Gasteiger partial charge in [0.05, 0.1) is 6.61 Å². The third-order valence-electron chi connectivity index (χ3n) is 1.13. The van der Waals surface area contributed by atoms with Crippen LogP contribution in [0.1, 0.15) is 10.4 Å². The average Bonchev–Trinajstić information content (AvgIpc) is 2.17. The van der Waals surface area contributed by atoms with E-state index in [1.807, 2.05) is 6.92 Å². The molecule has 0 spiro atoms. The zero-order valence-electron chi connectivity index (χ0n) is 5.39. The van der Waals surface area contributed by atoms with E-state index in [1.165, 1.54) is 10.4 Å². The molecule has 0 unspecified atom stereocenters. The molecule has 0 saturated carbocycles. The summed E-state index contributed by atoms with van der Waals surface area (Å²) in [6.07, 6.45) is 0.693. The van der Waals surface area contributed by atoms with Gasteiger partial charge in [-0.25, -0.2) is 5.11 Å². The average molecular weight is 141 g/mol. The lowest BCUT2D eigenvalue weighted by molar-refractivity contribution is 0.198. The van der Waals surface area contributed by atoms with Crippen LogP contribution in [0.25, 0.3) is 0 Å². The fourth-order valence-electron chi connectivity index (χ4n) is 0.722. The van der Waals surface area contributed by atoms with Gasteiger partial charge in [-0.15, -0.1) is 11.3 Å². The first-order chi connectivity index (χ1) is 4.33. The largest absolute Gasteiger partial charge is 0.236 e. The zero-order chi connectivity index (χ0) is 6.69. The molecule has 0 amide bonds. The van der Waals surface area contributed by atoms with Crippen molar-refractivity contribution >= 4 is 11.3 Å². The quantitative estimate of drug-likeness (QED) is 0.600. The van der Waals surface area contributed by atoms with Crippen molar-refractivity contribution in [2.24, 2.45) is 0 Å². The van der Waals surface area contributed by atoms with E-state index in [1.54, 1.807) is 11.3 Å². The molecule has 0 aliphatic rings. The topological polar surface area (TPSA) is 19.9 Å². The molecule has 0 aliphatic heterocycles. The molecule has 0 aliphatic carbocycles. The maximum atomic E-state index is 10.1. The normalized spacial score (nSPS) is 10.0. The van der Waals surface area contributed by atoms with Gasteiger partial charge in [0.1, 0.15) is 0 Å². The van der Waals surface area contributed by atoms with Gasteiger partial charge in [-0.05, 0) is 23.9 Å². The number of hydrogen-bond acceptors (Lipinski definition) is 1. The lowest BCUT2D eigenvalue weighted by Crippen LogP contribution is -1.82. The Bertz CT molecular complexity index is 181. The molecular weight excluding hydrogens is 132 g/mol. The highest BCUT2D eigenvalue weighted by Gasteiger charge is 1.93. The number of hydrogen-bond donors (Lipinski definition) is 0. The molecule has 2 heteroatoms. The number of aryl methyl sites for hydroxylation is 1. The van der Waals surface area contributed by atoms with Gasteiger partial charge in [0.2, 0.25) is 0 Å². The minimum Gasteiger partial charge on any atom is -0.236 e. The van der Waals surface area contributed by atoms with Crippen LogP contribution < -0.4 is 0 Å². The summed E-state index contributed by atoms with van der Waals surface area (Å²) in [5.41, 5.74) is 1.27. The predicted molar refractivity (Wildman–Crippen MR) is 38.3 cm³/mol. The van der Waals surface area contributed by atoms with Crippen LogP contribution >= 0.6 is 11.3 Å². The Morgan fingerprint density at radius 2 is 2.44 bits per heavy atom. The maximum Gasteiger partial charge on any atom is 0.0870 e. The second-order valence-corrected chi connectivity index (χ2v) is 3.04. The molecule has 0 saturated heterocycles. The summed E-state index contributed by atoms with van der Waals surface area (Å²) in [4.78, 5) is 1.21. The van der Waals surface area contributed by atoms with Gasteiger partial charge in [-0.1, -0.05) is 0 Å². The van der Waals surface area contributed by atoms with Crippen molar-refractivity contribution in [2.45, 2.75) is 13.3 Å². The van der Waals surface area contributed by atoms with Crippen LogP contribution in [-0.4, -0.2) is 6.61 Å². The first kappa shape index (κ1) is 6.78. The van der Waals surface area contributed by atoms with Gasteiger partial charge < -0.3 is 0 Å². The molecule has 0 fully saturated rings. The standard InChI is InChI=1S/C7H9OS/c1-6-4-7(2-3-8)9-5-6/h4-5H,2-3H2,1H3. The van der Waals surface area contributed by atoms with Crippen LogP contribution in [0, 0.1) is 6.92 Å². The summed E-state index contributed by atoms with van der Waals surface area (Å²) in [5, 5.41) is 12.2. The Hall–Kier alpha value is -0.340. The molecule has 1 aromatic rings. The lowest BCUT2D eigenvalue weighted by Gasteiger charge is -1.84. The molecular formula is C7H9OS. The van der Waals surface area contributed by atoms with Crippen LogP contribution in [0.5, 0.6) is 0 Å². The first-order valence-corrected chi connectivity index (χ1v) is 3.83. The van der Waals surface area contributed by atoms with Crippen LogP contribution in [-0.2, 0) is 11.5 Å². The van der Waals surface area contributed by atoms with E-state index in [0.717, 1.165) is 0 Å². The van der Waals surface area contributed by atoms with E-state index in [-0.39, 0.29) is 6.61 Å². The van der Waals surface area contributed by atoms with Gasteiger partial charge in [0.25, 0.3) is 0 Å². The summed E-state index contributed by atoms with van der Waals surface area (Å²) in [7, 11) is 0. The van der Waals surface area contributed by atoms with Crippen LogP contribution in [0.15, 0.2) is 11.4 Å². The van der Waals surface area contributed by atoms with E-state index >= 15 is 0 Å². The highest BCUT2D eigenvalue weighted by atomic mass is 32.1. The number of rotatable bonds is 2. The van der Waals surface area contributed by atoms with Crippen molar-refractivity contribution in [1.82, 2.24) is 0 Å². The molecule has 0 N–H and O–H groups in total. The molecule has 0 atom stereocenters. The zero-order valence-corrected chi connectivity index (χ0v) is 6.20. The monoisotopic (exact) mass is 141 g/mol. The van der Waals surface area contributed by atoms with Crippen LogP contribution in [0.4, 0.5) is 0 Å². The van der Waals surface area contributed by atoms with Crippen LogP contribution in [0.3, 0.4) is 0 Å². The van der Waals surface area contributed by atoms with Crippen molar-refractivity contribution in [2.75, 3.05) is 6.61 Å². The molecule has 1 aromatic heterocycles. The summed E-state index contributed by atoms with van der Waals surface area (Å²) in [6, 6.07) is 2.07. The van der Waals surface area contributed by atoms with Crippen molar-refractivity contribution in [3.05, 3.63) is 21.9 Å². The second kappa shape index (κ2) is 2.99. The van der Waals surface area contributed by atoms with Gasteiger partial charge >= 0.3 is 0 Å². The molecule has 9 heavy (non-hydrogen) atoms. The fourth-order valence-corrected chi connectivity index (χ4v) is 1.58. The van der Waals surface area contributed by atoms with Crippen LogP contribution in [0.2, 0.25) is 0 Å². The number of thiophene rings is 1. The molecule has 1 nitrogen and oxygen atoms in total. The van der Waals surface area contributed by atoms with E-state index < -0.39 is 0 Å². The Morgan fingerprint density at radius 3 is 2.89 bits per heavy atom. The van der Waals surface area contributed by atoms with E-state index in [9.17, 15) is 5.11 Å². The Balaban J connectivity index is 2.61. The molecule has 1 heterocycles. The SMILES string of the molecule is Cc1csc(CC[O])c1. The van der Waals surface area contributed by atoms with Gasteiger partial charge in [0, 0.05) is 11.3 Å². The molecule has 0 aromatic carbocycles. The molecule has 1 rings (SSSR count). The smallest absolute Gasteiger partial charge is 0.0870 e.